The van der Waals surface area contributed by atoms with Gasteiger partial charge in [0.1, 0.15) is 12.2 Å². The summed E-state index contributed by atoms with van der Waals surface area (Å²) < 4.78 is 26.2. The molecule has 0 radical (unpaired) electrons. The first-order valence-corrected chi connectivity index (χ1v) is 7.70. The molecule has 0 saturated heterocycles. The van der Waals surface area contributed by atoms with Crippen molar-refractivity contribution in [2.45, 2.75) is 13.0 Å². The van der Waals surface area contributed by atoms with Gasteiger partial charge >= 0.3 is 0 Å². The number of benzene rings is 1. The molecule has 0 bridgehead atoms. The maximum absolute atomic E-state index is 11.9. The third-order valence-electron chi connectivity index (χ3n) is 2.49. The van der Waals surface area contributed by atoms with E-state index < -0.39 is 16.1 Å². The summed E-state index contributed by atoms with van der Waals surface area (Å²) in [4.78, 5) is 3.90. The molecule has 0 spiro atoms. The zero-order chi connectivity index (χ0) is 14.6. The fraction of sp³-hybridized carbons (Fsp3) is 0.167. The average Bonchev–Trinajstić information content (AvgIpc) is 2.91. The minimum atomic E-state index is -3.57. The molecule has 1 aromatic heterocycles. The van der Waals surface area contributed by atoms with Crippen molar-refractivity contribution in [3.63, 3.8) is 0 Å². The third-order valence-corrected chi connectivity index (χ3v) is 3.92. The van der Waals surface area contributed by atoms with Crippen LogP contribution in [0.5, 0.6) is 0 Å². The van der Waals surface area contributed by atoms with Crippen molar-refractivity contribution in [2.75, 3.05) is 0 Å². The van der Waals surface area contributed by atoms with Crippen LogP contribution in [0.3, 0.4) is 0 Å². The normalized spacial score (nSPS) is 13.7. The molecule has 106 valence electrons. The van der Waals surface area contributed by atoms with E-state index in [1.165, 1.54) is 12.4 Å². The minimum Gasteiger partial charge on any atom is -0.262 e. The topological polar surface area (TPSA) is 87.7 Å². The first-order chi connectivity index (χ1) is 9.46. The Morgan fingerprint density at radius 2 is 2.05 bits per heavy atom. The lowest BCUT2D eigenvalue weighted by atomic mass is 10.2. The molecule has 1 heterocycles. The molecule has 20 heavy (non-hydrogen) atoms. The van der Waals surface area contributed by atoms with Crippen LogP contribution in [-0.2, 0) is 10.0 Å². The molecule has 1 atom stereocenters. The molecule has 0 amide bonds. The summed E-state index contributed by atoms with van der Waals surface area (Å²) in [6.45, 7) is 1.67. The van der Waals surface area contributed by atoms with Gasteiger partial charge in [0.05, 0.1) is 6.04 Å². The number of hydrogen-bond donors (Lipinski definition) is 2. The van der Waals surface area contributed by atoms with E-state index in [-0.39, 0.29) is 0 Å². The Morgan fingerprint density at radius 3 is 2.65 bits per heavy atom. The average molecular weight is 313 g/mol. The second-order valence-electron chi connectivity index (χ2n) is 4.11. The van der Waals surface area contributed by atoms with Gasteiger partial charge in [0.2, 0.25) is 10.0 Å². The molecule has 0 aliphatic heterocycles. The first kappa shape index (κ1) is 14.7. The molecule has 0 fully saturated rings. The van der Waals surface area contributed by atoms with Gasteiger partial charge in [0, 0.05) is 10.4 Å². The third kappa shape index (κ3) is 4.16. The van der Waals surface area contributed by atoms with Gasteiger partial charge in [-0.05, 0) is 30.7 Å². The van der Waals surface area contributed by atoms with Crippen molar-refractivity contribution in [1.29, 1.82) is 0 Å². The number of H-pyrrole nitrogens is 1. The summed E-state index contributed by atoms with van der Waals surface area (Å²) in [5, 5.41) is 7.99. The van der Waals surface area contributed by atoms with Crippen LogP contribution in [-0.4, -0.2) is 23.6 Å². The van der Waals surface area contributed by atoms with E-state index in [2.05, 4.69) is 19.9 Å². The summed E-state index contributed by atoms with van der Waals surface area (Å²) in [6.07, 6.45) is 2.81. The molecule has 6 nitrogen and oxygen atoms in total. The molecule has 0 saturated carbocycles. The number of halogens is 1. The number of sulfonamides is 1. The van der Waals surface area contributed by atoms with Crippen molar-refractivity contribution < 1.29 is 8.42 Å². The highest BCUT2D eigenvalue weighted by atomic mass is 35.5. The number of rotatable bonds is 5. The lowest BCUT2D eigenvalue weighted by Crippen LogP contribution is -2.25. The molecule has 8 heteroatoms. The van der Waals surface area contributed by atoms with E-state index >= 15 is 0 Å². The monoisotopic (exact) mass is 312 g/mol. The van der Waals surface area contributed by atoms with E-state index in [1.54, 1.807) is 31.2 Å². The van der Waals surface area contributed by atoms with Crippen molar-refractivity contribution in [3.05, 3.63) is 52.4 Å². The maximum atomic E-state index is 11.9. The number of nitrogens with zero attached hydrogens (tertiary/aromatic N) is 2. The summed E-state index contributed by atoms with van der Waals surface area (Å²) >= 11 is 5.76. The number of aromatic amines is 1. The number of aromatic nitrogens is 3. The van der Waals surface area contributed by atoms with Crippen LogP contribution in [0.2, 0.25) is 5.02 Å². The Balaban J connectivity index is 2.05. The lowest BCUT2D eigenvalue weighted by molar-refractivity contribution is 0.569. The van der Waals surface area contributed by atoms with Gasteiger partial charge in [-0.25, -0.2) is 18.1 Å². The highest BCUT2D eigenvalue weighted by molar-refractivity contribution is 7.92. The maximum Gasteiger partial charge on any atom is 0.234 e. The van der Waals surface area contributed by atoms with Crippen LogP contribution in [0.4, 0.5) is 0 Å². The molecule has 0 aliphatic carbocycles. The number of hydrogen-bond acceptors (Lipinski definition) is 4. The smallest absolute Gasteiger partial charge is 0.234 e. The number of nitrogens with one attached hydrogen (secondary N) is 2. The van der Waals surface area contributed by atoms with E-state index in [0.29, 0.717) is 10.8 Å². The van der Waals surface area contributed by atoms with Crippen LogP contribution in [0.25, 0.3) is 6.08 Å². The van der Waals surface area contributed by atoms with Gasteiger partial charge in [0.15, 0.2) is 0 Å². The largest absolute Gasteiger partial charge is 0.262 e. The quantitative estimate of drug-likeness (QED) is 0.885. The Morgan fingerprint density at radius 1 is 1.35 bits per heavy atom. The van der Waals surface area contributed by atoms with Gasteiger partial charge in [-0.2, -0.15) is 5.10 Å². The summed E-state index contributed by atoms with van der Waals surface area (Å²) in [5.74, 6) is 0.452. The first-order valence-electron chi connectivity index (χ1n) is 5.77. The SMILES string of the molecule is CC(NS(=O)(=O)/C=C/c1ccc(Cl)cc1)c1ncn[nH]1. The van der Waals surface area contributed by atoms with E-state index in [4.69, 9.17) is 11.6 Å². The van der Waals surface area contributed by atoms with Crippen molar-refractivity contribution in [1.82, 2.24) is 19.9 Å². The highest BCUT2D eigenvalue weighted by Gasteiger charge is 2.14. The Bertz CT molecular complexity index is 681. The van der Waals surface area contributed by atoms with Gasteiger partial charge in [-0.1, -0.05) is 23.7 Å². The predicted molar refractivity (Wildman–Crippen MR) is 77.3 cm³/mol. The van der Waals surface area contributed by atoms with Crippen LogP contribution in [0, 0.1) is 0 Å². The van der Waals surface area contributed by atoms with E-state index in [9.17, 15) is 8.42 Å². The van der Waals surface area contributed by atoms with E-state index in [1.807, 2.05) is 0 Å². The Labute approximate surface area is 121 Å². The standard InChI is InChI=1S/C12H13ClN4O2S/c1-9(12-14-8-15-16-12)17-20(18,19)7-6-10-2-4-11(13)5-3-10/h2-9,17H,1H3,(H,14,15,16)/b7-6+. The summed E-state index contributed by atoms with van der Waals surface area (Å²) in [5.41, 5.74) is 0.743. The molecule has 0 aliphatic rings. The van der Waals surface area contributed by atoms with Gasteiger partial charge < -0.3 is 0 Å². The van der Waals surface area contributed by atoms with Crippen LogP contribution in [0.1, 0.15) is 24.4 Å². The van der Waals surface area contributed by atoms with Crippen LogP contribution < -0.4 is 4.72 Å². The van der Waals surface area contributed by atoms with Gasteiger partial charge in [-0.3, -0.25) is 5.10 Å². The zero-order valence-electron chi connectivity index (χ0n) is 10.6. The van der Waals surface area contributed by atoms with E-state index in [0.717, 1.165) is 11.0 Å². The van der Waals surface area contributed by atoms with Crippen molar-refractivity contribution in [3.8, 4) is 0 Å². The molecule has 2 rings (SSSR count). The van der Waals surface area contributed by atoms with Gasteiger partial charge in [-0.15, -0.1) is 0 Å². The second-order valence-corrected chi connectivity index (χ2v) is 6.14. The summed E-state index contributed by atoms with van der Waals surface area (Å²) in [6, 6.07) is 6.36. The van der Waals surface area contributed by atoms with Crippen LogP contribution in [0.15, 0.2) is 36.0 Å². The minimum absolute atomic E-state index is 0.452. The second kappa shape index (κ2) is 6.17. The zero-order valence-corrected chi connectivity index (χ0v) is 12.2. The predicted octanol–water partition coefficient (Wildman–Crippen LogP) is 2.11. The molecular weight excluding hydrogens is 300 g/mol. The lowest BCUT2D eigenvalue weighted by Gasteiger charge is -2.08. The summed E-state index contributed by atoms with van der Waals surface area (Å²) in [7, 11) is -3.57. The van der Waals surface area contributed by atoms with Crippen molar-refractivity contribution in [2.24, 2.45) is 0 Å². The van der Waals surface area contributed by atoms with Gasteiger partial charge in [0.25, 0.3) is 0 Å². The molecule has 1 aromatic carbocycles. The Kier molecular flexibility index (Phi) is 4.53. The van der Waals surface area contributed by atoms with Crippen molar-refractivity contribution >= 4 is 27.7 Å². The fourth-order valence-corrected chi connectivity index (χ4v) is 2.65. The molecule has 2 aromatic rings. The van der Waals surface area contributed by atoms with Crippen LogP contribution >= 0.6 is 11.6 Å². The Hall–Kier alpha value is -1.70. The molecular formula is C12H13ClN4O2S. The fourth-order valence-electron chi connectivity index (χ4n) is 1.51. The molecule has 2 N–H and O–H groups in total. The highest BCUT2D eigenvalue weighted by Crippen LogP contribution is 2.12. The molecule has 1 unspecified atom stereocenters.